The fourth-order valence-corrected chi connectivity index (χ4v) is 2.08. The number of hydrogen-bond donors (Lipinski definition) is 2. The highest BCUT2D eigenvalue weighted by Gasteiger charge is 2.23. The van der Waals surface area contributed by atoms with E-state index in [1.807, 2.05) is 6.07 Å². The first kappa shape index (κ1) is 10.6. The maximum absolute atomic E-state index is 13.4. The number of rotatable bonds is 2. The smallest absolute Gasteiger partial charge is 0.126 e. The minimum atomic E-state index is -0.349. The molecule has 0 amide bonds. The number of aliphatic hydroxyl groups excluding tert-OH is 1. The second-order valence-electron chi connectivity index (χ2n) is 4.12. The highest BCUT2D eigenvalue weighted by Crippen LogP contribution is 2.20. The average Bonchev–Trinajstić information content (AvgIpc) is 2.24. The van der Waals surface area contributed by atoms with E-state index in [-0.39, 0.29) is 17.8 Å². The molecule has 1 fully saturated rings. The third kappa shape index (κ3) is 2.55. The van der Waals surface area contributed by atoms with Gasteiger partial charge in [-0.2, -0.15) is 0 Å². The SMILES string of the molecule is O[C@@H]1CNCC[C@@H]1Cc1ccccc1F. The zero-order valence-electron chi connectivity index (χ0n) is 8.62. The molecule has 0 saturated carbocycles. The molecule has 82 valence electrons. The number of nitrogens with one attached hydrogen (secondary N) is 1. The van der Waals surface area contributed by atoms with Crippen LogP contribution in [-0.4, -0.2) is 24.3 Å². The fraction of sp³-hybridized carbons (Fsp3) is 0.500. The van der Waals surface area contributed by atoms with Gasteiger partial charge in [-0.15, -0.1) is 0 Å². The highest BCUT2D eigenvalue weighted by atomic mass is 19.1. The standard InChI is InChI=1S/C12H16FNO/c13-11-4-2-1-3-9(11)7-10-5-6-14-8-12(10)15/h1-4,10,12,14-15H,5-8H2/t10-,12-/m1/s1. The van der Waals surface area contributed by atoms with Crippen LogP contribution >= 0.6 is 0 Å². The van der Waals surface area contributed by atoms with E-state index in [0.717, 1.165) is 13.0 Å². The maximum atomic E-state index is 13.4. The number of benzene rings is 1. The molecule has 1 aromatic carbocycles. The van der Waals surface area contributed by atoms with Crippen molar-refractivity contribution in [1.29, 1.82) is 0 Å². The van der Waals surface area contributed by atoms with Crippen molar-refractivity contribution in [2.45, 2.75) is 18.9 Å². The van der Waals surface area contributed by atoms with Crippen LogP contribution in [0, 0.1) is 11.7 Å². The normalized spacial score (nSPS) is 26.5. The van der Waals surface area contributed by atoms with Crippen molar-refractivity contribution in [1.82, 2.24) is 5.32 Å². The number of halogens is 1. The van der Waals surface area contributed by atoms with E-state index in [1.165, 1.54) is 6.07 Å². The summed E-state index contributed by atoms with van der Waals surface area (Å²) in [4.78, 5) is 0. The largest absolute Gasteiger partial charge is 0.392 e. The molecule has 1 aliphatic heterocycles. The topological polar surface area (TPSA) is 32.3 Å². The molecule has 0 radical (unpaired) electrons. The van der Waals surface area contributed by atoms with Gasteiger partial charge in [0.05, 0.1) is 6.10 Å². The molecule has 0 aliphatic carbocycles. The van der Waals surface area contributed by atoms with Crippen LogP contribution in [0.15, 0.2) is 24.3 Å². The van der Waals surface area contributed by atoms with Crippen molar-refractivity contribution in [2.75, 3.05) is 13.1 Å². The summed E-state index contributed by atoms with van der Waals surface area (Å²) in [5, 5.41) is 12.9. The number of β-amino-alcohol motifs (C(OH)–C–C–N with tert-alkyl or cyclic N) is 1. The molecule has 15 heavy (non-hydrogen) atoms. The summed E-state index contributed by atoms with van der Waals surface area (Å²) in [6.07, 6.45) is 1.20. The number of piperidine rings is 1. The first-order valence-corrected chi connectivity index (χ1v) is 5.39. The molecule has 1 aromatic rings. The average molecular weight is 209 g/mol. The Bertz CT molecular complexity index is 329. The lowest BCUT2D eigenvalue weighted by atomic mass is 9.88. The van der Waals surface area contributed by atoms with Crippen molar-refractivity contribution in [3.05, 3.63) is 35.6 Å². The van der Waals surface area contributed by atoms with Crippen LogP contribution in [0.4, 0.5) is 4.39 Å². The molecule has 0 spiro atoms. The Morgan fingerprint density at radius 2 is 2.20 bits per heavy atom. The van der Waals surface area contributed by atoms with Crippen LogP contribution in [0.3, 0.4) is 0 Å². The van der Waals surface area contributed by atoms with Gasteiger partial charge in [0.15, 0.2) is 0 Å². The van der Waals surface area contributed by atoms with Crippen LogP contribution in [-0.2, 0) is 6.42 Å². The molecule has 2 N–H and O–H groups in total. The predicted octanol–water partition coefficient (Wildman–Crippen LogP) is 1.34. The van der Waals surface area contributed by atoms with Gasteiger partial charge in [0.25, 0.3) is 0 Å². The summed E-state index contributed by atoms with van der Waals surface area (Å²) >= 11 is 0. The van der Waals surface area contributed by atoms with Gasteiger partial charge in [-0.05, 0) is 36.9 Å². The van der Waals surface area contributed by atoms with Crippen molar-refractivity contribution in [2.24, 2.45) is 5.92 Å². The van der Waals surface area contributed by atoms with Gasteiger partial charge >= 0.3 is 0 Å². The summed E-state index contributed by atoms with van der Waals surface area (Å²) in [6, 6.07) is 6.80. The zero-order chi connectivity index (χ0) is 10.7. The molecule has 1 saturated heterocycles. The Labute approximate surface area is 89.1 Å². The third-order valence-corrected chi connectivity index (χ3v) is 3.03. The number of aliphatic hydroxyl groups is 1. The Balaban J connectivity index is 2.04. The zero-order valence-corrected chi connectivity index (χ0v) is 8.62. The van der Waals surface area contributed by atoms with Gasteiger partial charge in [-0.3, -0.25) is 0 Å². The quantitative estimate of drug-likeness (QED) is 0.770. The first-order chi connectivity index (χ1) is 7.27. The van der Waals surface area contributed by atoms with E-state index in [9.17, 15) is 9.50 Å². The summed E-state index contributed by atoms with van der Waals surface area (Å²) in [5.41, 5.74) is 0.712. The van der Waals surface area contributed by atoms with E-state index in [4.69, 9.17) is 0 Å². The van der Waals surface area contributed by atoms with Gasteiger partial charge in [0.2, 0.25) is 0 Å². The maximum Gasteiger partial charge on any atom is 0.126 e. The molecule has 2 nitrogen and oxygen atoms in total. The molecule has 1 heterocycles. The van der Waals surface area contributed by atoms with Crippen molar-refractivity contribution < 1.29 is 9.50 Å². The fourth-order valence-electron chi connectivity index (χ4n) is 2.08. The van der Waals surface area contributed by atoms with Crippen molar-refractivity contribution in [3.63, 3.8) is 0 Å². The molecular formula is C12H16FNO. The lowest BCUT2D eigenvalue weighted by molar-refractivity contribution is 0.0816. The van der Waals surface area contributed by atoms with Gasteiger partial charge in [0, 0.05) is 6.54 Å². The van der Waals surface area contributed by atoms with Gasteiger partial charge in [-0.25, -0.2) is 4.39 Å². The second kappa shape index (κ2) is 4.73. The van der Waals surface area contributed by atoms with E-state index < -0.39 is 0 Å². The summed E-state index contributed by atoms with van der Waals surface area (Å²) in [6.45, 7) is 1.54. The van der Waals surface area contributed by atoms with Crippen molar-refractivity contribution >= 4 is 0 Å². The molecule has 1 aliphatic rings. The Hall–Kier alpha value is -0.930. The first-order valence-electron chi connectivity index (χ1n) is 5.39. The molecule has 3 heteroatoms. The van der Waals surface area contributed by atoms with Crippen LogP contribution in [0.5, 0.6) is 0 Å². The van der Waals surface area contributed by atoms with E-state index in [2.05, 4.69) is 5.32 Å². The van der Waals surface area contributed by atoms with Crippen LogP contribution in [0.1, 0.15) is 12.0 Å². The van der Waals surface area contributed by atoms with Gasteiger partial charge in [0.1, 0.15) is 5.82 Å². The van der Waals surface area contributed by atoms with Gasteiger partial charge in [-0.1, -0.05) is 18.2 Å². The van der Waals surface area contributed by atoms with Crippen LogP contribution in [0.25, 0.3) is 0 Å². The third-order valence-electron chi connectivity index (χ3n) is 3.03. The molecule has 0 bridgehead atoms. The minimum absolute atomic E-state index is 0.164. The monoisotopic (exact) mass is 209 g/mol. The molecular weight excluding hydrogens is 193 g/mol. The van der Waals surface area contributed by atoms with Crippen molar-refractivity contribution in [3.8, 4) is 0 Å². The molecule has 0 unspecified atom stereocenters. The summed E-state index contributed by atoms with van der Waals surface area (Å²) in [5.74, 6) is 0.0198. The Morgan fingerprint density at radius 1 is 1.40 bits per heavy atom. The molecule has 0 aromatic heterocycles. The number of hydrogen-bond acceptors (Lipinski definition) is 2. The van der Waals surface area contributed by atoms with Crippen LogP contribution < -0.4 is 5.32 Å². The minimum Gasteiger partial charge on any atom is -0.392 e. The highest BCUT2D eigenvalue weighted by molar-refractivity contribution is 5.18. The van der Waals surface area contributed by atoms with E-state index in [1.54, 1.807) is 12.1 Å². The molecule has 2 atom stereocenters. The predicted molar refractivity (Wildman–Crippen MR) is 57.1 cm³/mol. The van der Waals surface area contributed by atoms with E-state index >= 15 is 0 Å². The lowest BCUT2D eigenvalue weighted by Crippen LogP contribution is -2.41. The lowest BCUT2D eigenvalue weighted by Gasteiger charge is -2.28. The Morgan fingerprint density at radius 3 is 2.93 bits per heavy atom. The second-order valence-corrected chi connectivity index (χ2v) is 4.12. The Kier molecular flexibility index (Phi) is 3.34. The molecule has 2 rings (SSSR count). The van der Waals surface area contributed by atoms with Gasteiger partial charge < -0.3 is 10.4 Å². The van der Waals surface area contributed by atoms with Crippen LogP contribution in [0.2, 0.25) is 0 Å². The summed E-state index contributed by atoms with van der Waals surface area (Å²) < 4.78 is 13.4. The summed E-state index contributed by atoms with van der Waals surface area (Å²) in [7, 11) is 0. The van der Waals surface area contributed by atoms with E-state index in [0.29, 0.717) is 18.5 Å².